The number of sulfonamides is 1. The highest BCUT2D eigenvalue weighted by Crippen LogP contribution is 2.24. The van der Waals surface area contributed by atoms with Crippen molar-refractivity contribution >= 4 is 27.3 Å². The van der Waals surface area contributed by atoms with Crippen LogP contribution < -0.4 is 10.1 Å². The summed E-state index contributed by atoms with van der Waals surface area (Å²) >= 11 is 0. The highest BCUT2D eigenvalue weighted by Gasteiger charge is 2.26. The molecule has 0 bridgehead atoms. The van der Waals surface area contributed by atoms with Gasteiger partial charge in [0.05, 0.1) is 36.7 Å². The lowest BCUT2D eigenvalue weighted by atomic mass is 10.3. The Morgan fingerprint density at radius 3 is 2.53 bits per heavy atom. The van der Waals surface area contributed by atoms with Crippen LogP contribution in [0, 0.1) is 10.1 Å². The van der Waals surface area contributed by atoms with Gasteiger partial charge in [0.15, 0.2) is 0 Å². The minimum atomic E-state index is -3.60. The fraction of sp³-hybridized carbons (Fsp3) is 0.412. The van der Waals surface area contributed by atoms with E-state index in [0.717, 1.165) is 0 Å². The molecule has 2 aromatic rings. The molecule has 1 saturated heterocycles. The maximum atomic E-state index is 12.6. The average molecular weight is 439 g/mol. The highest BCUT2D eigenvalue weighted by atomic mass is 32.2. The largest absolute Gasteiger partial charge is 0.475 e. The summed E-state index contributed by atoms with van der Waals surface area (Å²) in [5, 5.41) is 17.5. The van der Waals surface area contributed by atoms with Crippen LogP contribution in [0.5, 0.6) is 5.88 Å². The summed E-state index contributed by atoms with van der Waals surface area (Å²) in [6.45, 7) is 1.44. The monoisotopic (exact) mass is 439 g/mol. The Labute approximate surface area is 172 Å². The molecule has 0 saturated carbocycles. The number of hydrogen-bond donors (Lipinski definition) is 1. The lowest BCUT2D eigenvalue weighted by molar-refractivity contribution is -0.385. The summed E-state index contributed by atoms with van der Waals surface area (Å²) in [5.74, 6) is -0.478. The molecule has 12 nitrogen and oxygen atoms in total. The number of carbonyl (C=O) groups is 1. The van der Waals surface area contributed by atoms with Crippen LogP contribution in [0.15, 0.2) is 35.4 Å². The molecule has 0 atom stereocenters. The van der Waals surface area contributed by atoms with E-state index in [2.05, 4.69) is 10.4 Å². The molecule has 2 heterocycles. The van der Waals surface area contributed by atoms with Gasteiger partial charge in [0, 0.05) is 25.2 Å². The Hall–Kier alpha value is -3.03. The van der Waals surface area contributed by atoms with E-state index in [1.807, 2.05) is 0 Å². The first-order chi connectivity index (χ1) is 14.3. The molecule has 0 spiro atoms. The van der Waals surface area contributed by atoms with E-state index < -0.39 is 14.9 Å². The molecule has 0 aliphatic carbocycles. The summed E-state index contributed by atoms with van der Waals surface area (Å²) in [4.78, 5) is 22.6. The van der Waals surface area contributed by atoms with E-state index in [1.54, 1.807) is 0 Å². The van der Waals surface area contributed by atoms with Crippen LogP contribution >= 0.6 is 0 Å². The molecule has 1 fully saturated rings. The van der Waals surface area contributed by atoms with Crippen LogP contribution in [0.2, 0.25) is 0 Å². The van der Waals surface area contributed by atoms with Crippen LogP contribution in [0.25, 0.3) is 0 Å². The Morgan fingerprint density at radius 2 is 1.97 bits per heavy atom. The number of aromatic nitrogens is 2. The molecular weight excluding hydrogens is 418 g/mol. The Kier molecular flexibility index (Phi) is 6.64. The summed E-state index contributed by atoms with van der Waals surface area (Å²) in [5.41, 5.74) is 0.153. The number of anilines is 1. The second-order valence-electron chi connectivity index (χ2n) is 6.38. The minimum absolute atomic E-state index is 0.00974. The van der Waals surface area contributed by atoms with Gasteiger partial charge >= 0.3 is 11.6 Å². The molecule has 13 heteroatoms. The van der Waals surface area contributed by atoms with Crippen LogP contribution in [0.1, 0.15) is 6.42 Å². The standard InChI is InChI=1S/C17H21N5O7S/c1-28-17-15(22(24)25)12-20(19-17)7-6-16(23)18-13-2-4-14(5-3-13)30(26,27)21-8-10-29-11-9-21/h2-5,12H,6-11H2,1H3,(H,18,23). The van der Waals surface area contributed by atoms with Crippen LogP contribution in [-0.2, 0) is 26.1 Å². The topological polar surface area (TPSA) is 146 Å². The zero-order valence-corrected chi connectivity index (χ0v) is 17.0. The Bertz CT molecular complexity index is 1010. The number of rotatable bonds is 8. The van der Waals surface area contributed by atoms with Crippen molar-refractivity contribution < 1.29 is 27.6 Å². The first-order valence-corrected chi connectivity index (χ1v) is 10.5. The van der Waals surface area contributed by atoms with Crippen molar-refractivity contribution in [3.8, 4) is 5.88 Å². The first-order valence-electron chi connectivity index (χ1n) is 9.05. The van der Waals surface area contributed by atoms with Crippen molar-refractivity contribution in [2.75, 3.05) is 38.7 Å². The van der Waals surface area contributed by atoms with E-state index in [0.29, 0.717) is 32.0 Å². The zero-order valence-electron chi connectivity index (χ0n) is 16.2. The van der Waals surface area contributed by atoms with E-state index >= 15 is 0 Å². The van der Waals surface area contributed by atoms with Crippen LogP contribution in [0.4, 0.5) is 11.4 Å². The van der Waals surface area contributed by atoms with Gasteiger partial charge in [-0.15, -0.1) is 5.10 Å². The van der Waals surface area contributed by atoms with Gasteiger partial charge in [-0.3, -0.25) is 19.6 Å². The number of carbonyl (C=O) groups excluding carboxylic acids is 1. The van der Waals surface area contributed by atoms with Gasteiger partial charge in [0.2, 0.25) is 15.9 Å². The SMILES string of the molecule is COc1nn(CCC(=O)Nc2ccc(S(=O)(=O)N3CCOCC3)cc2)cc1[N+](=O)[O-]. The number of ether oxygens (including phenoxy) is 2. The maximum Gasteiger partial charge on any atom is 0.350 e. The van der Waals surface area contributed by atoms with E-state index in [-0.39, 0.29) is 35.3 Å². The molecule has 1 aromatic carbocycles. The molecule has 162 valence electrons. The Balaban J connectivity index is 1.57. The van der Waals surface area contributed by atoms with Crippen molar-refractivity contribution in [3.63, 3.8) is 0 Å². The lowest BCUT2D eigenvalue weighted by Crippen LogP contribution is -2.40. The average Bonchev–Trinajstić information content (AvgIpc) is 3.17. The van der Waals surface area contributed by atoms with Crippen molar-refractivity contribution in [2.24, 2.45) is 0 Å². The zero-order chi connectivity index (χ0) is 21.7. The molecule has 1 N–H and O–H groups in total. The molecule has 1 amide bonds. The molecule has 30 heavy (non-hydrogen) atoms. The third-order valence-electron chi connectivity index (χ3n) is 4.41. The molecule has 3 rings (SSSR count). The number of nitrogens with zero attached hydrogens (tertiary/aromatic N) is 4. The van der Waals surface area contributed by atoms with Gasteiger partial charge < -0.3 is 14.8 Å². The Morgan fingerprint density at radius 1 is 1.30 bits per heavy atom. The van der Waals surface area contributed by atoms with Gasteiger partial charge in [-0.1, -0.05) is 0 Å². The molecule has 0 radical (unpaired) electrons. The van der Waals surface area contributed by atoms with Gasteiger partial charge in [-0.2, -0.15) is 4.31 Å². The van der Waals surface area contributed by atoms with E-state index in [1.165, 1.54) is 46.6 Å². The number of benzene rings is 1. The number of aryl methyl sites for hydroxylation is 1. The van der Waals surface area contributed by atoms with Crippen molar-refractivity contribution in [1.29, 1.82) is 0 Å². The quantitative estimate of drug-likeness (QED) is 0.470. The third-order valence-corrected chi connectivity index (χ3v) is 6.33. The van der Waals surface area contributed by atoms with Crippen molar-refractivity contribution in [3.05, 3.63) is 40.6 Å². The molecule has 1 aliphatic rings. The second-order valence-corrected chi connectivity index (χ2v) is 8.32. The van der Waals surface area contributed by atoms with E-state index in [4.69, 9.17) is 9.47 Å². The number of morpholine rings is 1. The van der Waals surface area contributed by atoms with Crippen LogP contribution in [-0.4, -0.2) is 66.7 Å². The maximum absolute atomic E-state index is 12.6. The van der Waals surface area contributed by atoms with Gasteiger partial charge in [-0.25, -0.2) is 8.42 Å². The molecule has 1 aliphatic heterocycles. The van der Waals surface area contributed by atoms with E-state index in [9.17, 15) is 23.3 Å². The molecule has 0 unspecified atom stereocenters. The first kappa shape index (κ1) is 21.7. The molecule has 1 aromatic heterocycles. The minimum Gasteiger partial charge on any atom is -0.475 e. The number of amides is 1. The predicted molar refractivity (Wildman–Crippen MR) is 105 cm³/mol. The number of methoxy groups -OCH3 is 1. The van der Waals surface area contributed by atoms with Crippen molar-refractivity contribution in [2.45, 2.75) is 17.9 Å². The van der Waals surface area contributed by atoms with Gasteiger partial charge in [0.25, 0.3) is 0 Å². The molecular formula is C17H21N5O7S. The third kappa shape index (κ3) is 4.93. The number of nitro groups is 1. The van der Waals surface area contributed by atoms with Crippen molar-refractivity contribution in [1.82, 2.24) is 14.1 Å². The fourth-order valence-corrected chi connectivity index (χ4v) is 4.27. The normalized spacial score (nSPS) is 15.0. The summed E-state index contributed by atoms with van der Waals surface area (Å²) in [6.07, 6.45) is 1.20. The highest BCUT2D eigenvalue weighted by molar-refractivity contribution is 7.89. The smallest absolute Gasteiger partial charge is 0.350 e. The summed E-state index contributed by atoms with van der Waals surface area (Å²) in [7, 11) is -2.33. The second kappa shape index (κ2) is 9.19. The number of hydrogen-bond acceptors (Lipinski definition) is 8. The van der Waals surface area contributed by atoms with Gasteiger partial charge in [0.1, 0.15) is 6.20 Å². The summed E-state index contributed by atoms with van der Waals surface area (Å²) < 4.78 is 37.8. The van der Waals surface area contributed by atoms with Crippen LogP contribution in [0.3, 0.4) is 0 Å². The summed E-state index contributed by atoms with van der Waals surface area (Å²) in [6, 6.07) is 5.88. The lowest BCUT2D eigenvalue weighted by Gasteiger charge is -2.26. The van der Waals surface area contributed by atoms with Gasteiger partial charge in [-0.05, 0) is 24.3 Å². The fourth-order valence-electron chi connectivity index (χ4n) is 2.86. The predicted octanol–water partition coefficient (Wildman–Crippen LogP) is 0.850. The number of nitrogens with one attached hydrogen (secondary N) is 1.